The van der Waals surface area contributed by atoms with E-state index in [1.165, 1.54) is 4.57 Å². The molecule has 1 aromatic heterocycles. The van der Waals surface area contributed by atoms with Crippen molar-refractivity contribution in [2.45, 2.75) is 26.4 Å². The number of aromatic nitrogens is 2. The molecule has 0 radical (unpaired) electrons. The molecule has 0 bridgehead atoms. The summed E-state index contributed by atoms with van der Waals surface area (Å²) in [5, 5.41) is 0.628. The van der Waals surface area contributed by atoms with Crippen molar-refractivity contribution < 1.29 is 9.69 Å². The lowest BCUT2D eigenvalue weighted by molar-refractivity contribution is -0.884. The van der Waals surface area contributed by atoms with Gasteiger partial charge in [0.05, 0.1) is 7.05 Å². The third-order valence-corrected chi connectivity index (χ3v) is 4.25. The summed E-state index contributed by atoms with van der Waals surface area (Å²) in [6, 6.07) is 7.39. The van der Waals surface area contributed by atoms with Crippen LogP contribution in [0.3, 0.4) is 0 Å². The maximum Gasteiger partial charge on any atom is 0.329 e. The Kier molecular flexibility index (Phi) is 6.17. The maximum absolute atomic E-state index is 12.6. The van der Waals surface area contributed by atoms with E-state index in [9.17, 15) is 14.4 Å². The minimum Gasteiger partial charge on any atom is -0.384 e. The van der Waals surface area contributed by atoms with Crippen molar-refractivity contribution in [3.8, 4) is 0 Å². The second-order valence-electron chi connectivity index (χ2n) is 6.00. The van der Waals surface area contributed by atoms with Crippen LogP contribution in [0.15, 0.2) is 33.9 Å². The van der Waals surface area contributed by atoms with Gasteiger partial charge in [0.2, 0.25) is 5.78 Å². The van der Waals surface area contributed by atoms with E-state index in [4.69, 9.17) is 17.3 Å². The van der Waals surface area contributed by atoms with E-state index in [1.54, 1.807) is 6.07 Å². The highest BCUT2D eigenvalue weighted by Crippen LogP contribution is 2.13. The zero-order valence-electron chi connectivity index (χ0n) is 14.3. The van der Waals surface area contributed by atoms with Gasteiger partial charge >= 0.3 is 5.69 Å². The molecular weight excluding hydrogens is 344 g/mol. The number of aromatic amines is 1. The van der Waals surface area contributed by atoms with E-state index in [1.807, 2.05) is 32.2 Å². The number of nitrogens with two attached hydrogens (primary N) is 1. The highest BCUT2D eigenvalue weighted by molar-refractivity contribution is 6.31. The van der Waals surface area contributed by atoms with E-state index in [2.05, 4.69) is 4.98 Å². The van der Waals surface area contributed by atoms with Crippen molar-refractivity contribution in [1.29, 1.82) is 0 Å². The lowest BCUT2D eigenvalue weighted by Gasteiger charge is -2.15. The van der Waals surface area contributed by atoms with Crippen molar-refractivity contribution in [2.75, 3.05) is 19.3 Å². The molecule has 7 nitrogen and oxygen atoms in total. The van der Waals surface area contributed by atoms with Crippen LogP contribution in [-0.4, -0.2) is 28.9 Å². The van der Waals surface area contributed by atoms with Gasteiger partial charge < -0.3 is 10.6 Å². The van der Waals surface area contributed by atoms with E-state index in [0.29, 0.717) is 24.5 Å². The second kappa shape index (κ2) is 8.13. The number of nitrogens with zero attached hydrogens (tertiary/aromatic N) is 1. The van der Waals surface area contributed by atoms with Crippen LogP contribution >= 0.6 is 11.6 Å². The first kappa shape index (κ1) is 19.0. The van der Waals surface area contributed by atoms with Gasteiger partial charge in [-0.15, -0.1) is 0 Å². The number of hydrogen-bond donors (Lipinski definition) is 3. The van der Waals surface area contributed by atoms with Gasteiger partial charge in [0.15, 0.2) is 0 Å². The van der Waals surface area contributed by atoms with E-state index in [0.717, 1.165) is 10.5 Å². The number of carbonyl (C=O) groups excluding carboxylic acids is 1. The molecule has 25 heavy (non-hydrogen) atoms. The fraction of sp³-hybridized carbons (Fsp3) is 0.353. The largest absolute Gasteiger partial charge is 0.384 e. The molecule has 134 valence electrons. The monoisotopic (exact) mass is 365 g/mol. The fourth-order valence-electron chi connectivity index (χ4n) is 2.69. The van der Waals surface area contributed by atoms with Crippen LogP contribution in [0.25, 0.3) is 0 Å². The molecule has 1 unspecified atom stereocenters. The molecule has 1 aromatic carbocycles. The summed E-state index contributed by atoms with van der Waals surface area (Å²) in [6.07, 6.45) is 0.654. The van der Waals surface area contributed by atoms with Crippen LogP contribution in [0, 0.1) is 0 Å². The number of halogens is 1. The number of hydrogen-bond acceptors (Lipinski definition) is 4. The number of H-pyrrole nitrogens is 1. The van der Waals surface area contributed by atoms with Crippen molar-refractivity contribution in [3.05, 3.63) is 61.3 Å². The quantitative estimate of drug-likeness (QED) is 0.605. The summed E-state index contributed by atoms with van der Waals surface area (Å²) in [5.41, 5.74) is 5.32. The Balaban J connectivity index is 2.23. The molecule has 8 heteroatoms. The number of anilines is 1. The number of ketones is 1. The first-order valence-corrected chi connectivity index (χ1v) is 8.43. The number of nitrogens with one attached hydrogen (secondary N) is 2. The number of benzene rings is 1. The number of rotatable bonds is 7. The van der Waals surface area contributed by atoms with Gasteiger partial charge in [-0.1, -0.05) is 36.7 Å². The van der Waals surface area contributed by atoms with Gasteiger partial charge in [0.1, 0.15) is 24.5 Å². The van der Waals surface area contributed by atoms with Crippen LogP contribution in [0.2, 0.25) is 5.02 Å². The third-order valence-electron chi connectivity index (χ3n) is 3.88. The Morgan fingerprint density at radius 3 is 2.64 bits per heavy atom. The fourth-order valence-corrected chi connectivity index (χ4v) is 2.90. The molecule has 0 amide bonds. The average molecular weight is 366 g/mol. The maximum atomic E-state index is 12.6. The number of likely N-dealkylation sites (N-methyl/N-ethyl adjacent to an activating group) is 1. The predicted molar refractivity (Wildman–Crippen MR) is 97.3 cm³/mol. The zero-order valence-corrected chi connectivity index (χ0v) is 15.0. The van der Waals surface area contributed by atoms with Crippen LogP contribution in [0.1, 0.15) is 29.3 Å². The third kappa shape index (κ3) is 4.37. The van der Waals surface area contributed by atoms with E-state index >= 15 is 0 Å². The van der Waals surface area contributed by atoms with E-state index in [-0.39, 0.29) is 17.9 Å². The topological polar surface area (TPSA) is 102 Å². The smallest absolute Gasteiger partial charge is 0.329 e. The molecule has 2 aromatic rings. The van der Waals surface area contributed by atoms with Gasteiger partial charge in [0.25, 0.3) is 5.56 Å². The normalized spacial score (nSPS) is 12.1. The van der Waals surface area contributed by atoms with Gasteiger partial charge in [-0.3, -0.25) is 19.1 Å². The summed E-state index contributed by atoms with van der Waals surface area (Å²) < 4.78 is 1.22. The minimum absolute atomic E-state index is 0.0584. The average Bonchev–Trinajstić information content (AvgIpc) is 2.53. The molecule has 0 saturated carbocycles. The van der Waals surface area contributed by atoms with Crippen molar-refractivity contribution in [2.24, 2.45) is 0 Å². The molecule has 4 N–H and O–H groups in total. The summed E-state index contributed by atoms with van der Waals surface area (Å²) in [6.45, 7) is 2.80. The minimum atomic E-state index is -0.745. The van der Waals surface area contributed by atoms with Gasteiger partial charge in [-0.05, 0) is 12.5 Å². The van der Waals surface area contributed by atoms with Crippen LogP contribution in [-0.2, 0) is 13.1 Å². The number of carbonyl (C=O) groups is 1. The van der Waals surface area contributed by atoms with E-state index < -0.39 is 17.0 Å². The Labute approximate surface area is 150 Å². The molecule has 1 heterocycles. The Morgan fingerprint density at radius 1 is 1.32 bits per heavy atom. The molecule has 0 aliphatic heterocycles. The molecule has 0 spiro atoms. The molecule has 0 saturated heterocycles. The number of quaternary nitrogens is 1. The Hall–Kier alpha value is -2.38. The zero-order chi connectivity index (χ0) is 18.6. The lowest BCUT2D eigenvalue weighted by atomic mass is 10.1. The predicted octanol–water partition coefficient (Wildman–Crippen LogP) is 0.0798. The standard InChI is InChI=1S/C17H21ClN4O3/c1-3-8-22-15(19)14(16(24)20-17(22)25)13(23)10-21(2)9-11-6-4-5-7-12(11)18/h4-7H,3,8-10,19H2,1-2H3,(H,20,24,25)/p+1. The first-order valence-electron chi connectivity index (χ1n) is 8.05. The highest BCUT2D eigenvalue weighted by atomic mass is 35.5. The molecule has 0 aliphatic rings. The molecule has 1 atom stereocenters. The molecule has 0 fully saturated rings. The van der Waals surface area contributed by atoms with Crippen LogP contribution in [0.5, 0.6) is 0 Å². The molecule has 0 aliphatic carbocycles. The van der Waals surface area contributed by atoms with Crippen molar-refractivity contribution in [1.82, 2.24) is 9.55 Å². The van der Waals surface area contributed by atoms with Crippen molar-refractivity contribution >= 4 is 23.2 Å². The van der Waals surface area contributed by atoms with Crippen LogP contribution < -0.4 is 21.9 Å². The highest BCUT2D eigenvalue weighted by Gasteiger charge is 2.22. The summed E-state index contributed by atoms with van der Waals surface area (Å²) in [4.78, 5) is 39.5. The lowest BCUT2D eigenvalue weighted by Crippen LogP contribution is -3.08. The molecule has 2 rings (SSSR count). The number of nitrogen functional groups attached to an aromatic ring is 1. The summed E-state index contributed by atoms with van der Waals surface area (Å²) in [7, 11) is 1.83. The van der Waals surface area contributed by atoms with Crippen LogP contribution in [0.4, 0.5) is 5.82 Å². The van der Waals surface area contributed by atoms with Crippen molar-refractivity contribution in [3.63, 3.8) is 0 Å². The first-order chi connectivity index (χ1) is 11.8. The second-order valence-corrected chi connectivity index (χ2v) is 6.40. The Morgan fingerprint density at radius 2 is 2.00 bits per heavy atom. The summed E-state index contributed by atoms with van der Waals surface area (Å²) in [5.74, 6) is -0.487. The van der Waals surface area contributed by atoms with Gasteiger partial charge in [-0.2, -0.15) is 0 Å². The summed E-state index contributed by atoms with van der Waals surface area (Å²) >= 11 is 6.13. The van der Waals surface area contributed by atoms with Gasteiger partial charge in [-0.25, -0.2) is 4.79 Å². The van der Waals surface area contributed by atoms with Gasteiger partial charge in [0, 0.05) is 17.1 Å². The SMILES string of the molecule is CCCn1c(N)c(C(=O)C[NH+](C)Cc2ccccc2Cl)c(=O)[nH]c1=O. The Bertz CT molecular complexity index is 888. The molecular formula is C17H22ClN4O3+. The number of Topliss-reactive ketones (excluding diaryl/α,β-unsaturated/α-hetero) is 1.